The van der Waals surface area contributed by atoms with E-state index in [1.165, 1.54) is 29.2 Å². The first kappa shape index (κ1) is 20.4. The Labute approximate surface area is 183 Å². The lowest BCUT2D eigenvalue weighted by molar-refractivity contribution is -0.117. The van der Waals surface area contributed by atoms with Crippen LogP contribution in [0.4, 0.5) is 10.1 Å². The molecule has 0 spiro atoms. The molecule has 0 saturated heterocycles. The van der Waals surface area contributed by atoms with Gasteiger partial charge in [0.2, 0.25) is 5.91 Å². The number of carbonyl (C=O) groups excluding carboxylic acids is 2. The molecule has 0 saturated carbocycles. The third-order valence-electron chi connectivity index (χ3n) is 5.01. The normalized spacial score (nSPS) is 15.9. The van der Waals surface area contributed by atoms with Crippen molar-refractivity contribution in [2.24, 2.45) is 0 Å². The summed E-state index contributed by atoms with van der Waals surface area (Å²) in [6, 6.07) is 15.5. The van der Waals surface area contributed by atoms with Gasteiger partial charge in [-0.15, -0.1) is 0 Å². The lowest BCUT2D eigenvalue weighted by Gasteiger charge is -2.31. The fourth-order valence-electron chi connectivity index (χ4n) is 3.64. The summed E-state index contributed by atoms with van der Waals surface area (Å²) in [5, 5.41) is 3.46. The first-order valence-electron chi connectivity index (χ1n) is 9.25. The second-order valence-corrected chi connectivity index (χ2v) is 7.99. The summed E-state index contributed by atoms with van der Waals surface area (Å²) in [7, 11) is 0. The lowest BCUT2D eigenvalue weighted by Crippen LogP contribution is -2.39. The first-order chi connectivity index (χ1) is 14.3. The first-order valence-corrected chi connectivity index (χ1v) is 10.0. The van der Waals surface area contributed by atoms with E-state index in [0.717, 1.165) is 11.1 Å². The summed E-state index contributed by atoms with van der Waals surface area (Å²) in [6.45, 7) is 1.74. The summed E-state index contributed by atoms with van der Waals surface area (Å²) in [5.41, 5.74) is 3.23. The van der Waals surface area contributed by atoms with E-state index >= 15 is 0 Å². The number of carbonyl (C=O) groups is 2. The van der Waals surface area contributed by atoms with Gasteiger partial charge in [-0.05, 0) is 48.9 Å². The molecule has 4 nitrogen and oxygen atoms in total. The number of hydrogen-bond acceptors (Lipinski definition) is 2. The van der Waals surface area contributed by atoms with E-state index in [-0.39, 0.29) is 28.9 Å². The Kier molecular flexibility index (Phi) is 5.50. The molecule has 0 aromatic heterocycles. The summed E-state index contributed by atoms with van der Waals surface area (Å²) >= 11 is 12.3. The summed E-state index contributed by atoms with van der Waals surface area (Å²) < 4.78 is 13.6. The van der Waals surface area contributed by atoms with Gasteiger partial charge in [-0.2, -0.15) is 0 Å². The molecular weight excluding hydrogens is 426 g/mol. The number of rotatable bonds is 2. The van der Waals surface area contributed by atoms with Gasteiger partial charge in [-0.3, -0.25) is 9.59 Å². The molecule has 3 aromatic carbocycles. The molecule has 0 bridgehead atoms. The molecule has 152 valence electrons. The Morgan fingerprint density at radius 3 is 2.50 bits per heavy atom. The Morgan fingerprint density at radius 2 is 1.80 bits per heavy atom. The SMILES string of the molecule is Cc1ccc2c(c1)[C@H](c1ccc(F)cc1)N(C(=O)c1ccc(Cl)cc1Cl)CC(=O)N2. The van der Waals surface area contributed by atoms with Crippen molar-refractivity contribution in [3.8, 4) is 0 Å². The minimum atomic E-state index is -0.612. The van der Waals surface area contributed by atoms with Crippen molar-refractivity contribution >= 4 is 40.7 Å². The van der Waals surface area contributed by atoms with E-state index in [1.54, 1.807) is 18.2 Å². The van der Waals surface area contributed by atoms with Crippen molar-refractivity contribution in [2.75, 3.05) is 11.9 Å². The molecular formula is C23H17Cl2FN2O2. The van der Waals surface area contributed by atoms with Crippen LogP contribution in [0, 0.1) is 12.7 Å². The summed E-state index contributed by atoms with van der Waals surface area (Å²) in [4.78, 5) is 27.6. The number of aryl methyl sites for hydroxylation is 1. The molecule has 4 rings (SSSR count). The number of nitrogens with zero attached hydrogens (tertiary/aromatic N) is 1. The minimum Gasteiger partial charge on any atom is -0.324 e. The topological polar surface area (TPSA) is 49.4 Å². The second kappa shape index (κ2) is 8.09. The number of nitrogens with one attached hydrogen (secondary N) is 1. The predicted octanol–water partition coefficient (Wildman–Crippen LogP) is 5.62. The zero-order valence-electron chi connectivity index (χ0n) is 16.0. The van der Waals surface area contributed by atoms with Gasteiger partial charge in [0.05, 0.1) is 16.6 Å². The van der Waals surface area contributed by atoms with Crippen molar-refractivity contribution < 1.29 is 14.0 Å². The highest BCUT2D eigenvalue weighted by Gasteiger charge is 2.34. The monoisotopic (exact) mass is 442 g/mol. The Hall–Kier alpha value is -2.89. The number of halogens is 3. The number of fused-ring (bicyclic) bond motifs is 1. The summed E-state index contributed by atoms with van der Waals surface area (Å²) in [6.07, 6.45) is 0. The Bertz CT molecular complexity index is 1150. The highest BCUT2D eigenvalue weighted by molar-refractivity contribution is 6.36. The molecule has 0 radical (unpaired) electrons. The molecule has 1 atom stereocenters. The second-order valence-electron chi connectivity index (χ2n) is 7.15. The van der Waals surface area contributed by atoms with Crippen LogP contribution in [0.25, 0.3) is 0 Å². The van der Waals surface area contributed by atoms with Crippen molar-refractivity contribution in [1.82, 2.24) is 4.90 Å². The fraction of sp³-hybridized carbons (Fsp3) is 0.130. The lowest BCUT2D eigenvalue weighted by atomic mass is 9.94. The quantitative estimate of drug-likeness (QED) is 0.559. The molecule has 1 aliphatic rings. The molecule has 2 amide bonds. The van der Waals surface area contributed by atoms with Crippen LogP contribution in [0.5, 0.6) is 0 Å². The van der Waals surface area contributed by atoms with Crippen LogP contribution in [-0.4, -0.2) is 23.3 Å². The minimum absolute atomic E-state index is 0.187. The predicted molar refractivity (Wildman–Crippen MR) is 116 cm³/mol. The maximum absolute atomic E-state index is 13.6. The third kappa shape index (κ3) is 3.91. The molecule has 7 heteroatoms. The van der Waals surface area contributed by atoms with Gasteiger partial charge >= 0.3 is 0 Å². The average Bonchev–Trinajstić information content (AvgIpc) is 2.84. The fourth-order valence-corrected chi connectivity index (χ4v) is 4.13. The van der Waals surface area contributed by atoms with Crippen LogP contribution in [0.3, 0.4) is 0 Å². The molecule has 3 aromatic rings. The van der Waals surface area contributed by atoms with Crippen LogP contribution in [0.15, 0.2) is 60.7 Å². The van der Waals surface area contributed by atoms with Crippen LogP contribution < -0.4 is 5.32 Å². The largest absolute Gasteiger partial charge is 0.324 e. The number of benzene rings is 3. The van der Waals surface area contributed by atoms with E-state index in [4.69, 9.17) is 23.2 Å². The van der Waals surface area contributed by atoms with Crippen LogP contribution in [-0.2, 0) is 4.79 Å². The molecule has 0 aliphatic carbocycles. The molecule has 0 unspecified atom stereocenters. The zero-order valence-corrected chi connectivity index (χ0v) is 17.5. The van der Waals surface area contributed by atoms with Gasteiger partial charge in [0.15, 0.2) is 0 Å². The molecule has 1 N–H and O–H groups in total. The van der Waals surface area contributed by atoms with Gasteiger partial charge in [-0.1, -0.05) is 53.0 Å². The van der Waals surface area contributed by atoms with Crippen LogP contribution in [0.1, 0.15) is 33.1 Å². The maximum atomic E-state index is 13.6. The van der Waals surface area contributed by atoms with E-state index in [1.807, 2.05) is 25.1 Å². The van der Waals surface area contributed by atoms with Crippen molar-refractivity contribution in [3.05, 3.63) is 98.8 Å². The van der Waals surface area contributed by atoms with E-state index < -0.39 is 11.9 Å². The third-order valence-corrected chi connectivity index (χ3v) is 5.56. The highest BCUT2D eigenvalue weighted by Crippen LogP contribution is 2.38. The Balaban J connectivity index is 1.90. The average molecular weight is 443 g/mol. The van der Waals surface area contributed by atoms with Gasteiger partial charge in [0, 0.05) is 16.3 Å². The highest BCUT2D eigenvalue weighted by atomic mass is 35.5. The van der Waals surface area contributed by atoms with Crippen molar-refractivity contribution in [3.63, 3.8) is 0 Å². The number of hydrogen-bond donors (Lipinski definition) is 1. The van der Waals surface area contributed by atoms with Crippen molar-refractivity contribution in [1.29, 1.82) is 0 Å². The van der Waals surface area contributed by atoms with Gasteiger partial charge in [0.25, 0.3) is 5.91 Å². The molecule has 1 aliphatic heterocycles. The van der Waals surface area contributed by atoms with E-state index in [2.05, 4.69) is 5.32 Å². The summed E-state index contributed by atoms with van der Waals surface area (Å²) in [5.74, 6) is -1.14. The number of anilines is 1. The smallest absolute Gasteiger partial charge is 0.256 e. The van der Waals surface area contributed by atoms with E-state index in [9.17, 15) is 14.0 Å². The van der Waals surface area contributed by atoms with Crippen LogP contribution in [0.2, 0.25) is 10.0 Å². The Morgan fingerprint density at radius 1 is 1.07 bits per heavy atom. The van der Waals surface area contributed by atoms with Gasteiger partial charge in [0.1, 0.15) is 12.4 Å². The van der Waals surface area contributed by atoms with Crippen LogP contribution >= 0.6 is 23.2 Å². The van der Waals surface area contributed by atoms with Gasteiger partial charge < -0.3 is 10.2 Å². The zero-order chi connectivity index (χ0) is 21.4. The number of amides is 2. The molecule has 1 heterocycles. The van der Waals surface area contributed by atoms with E-state index in [0.29, 0.717) is 16.3 Å². The molecule has 30 heavy (non-hydrogen) atoms. The molecule has 0 fully saturated rings. The maximum Gasteiger partial charge on any atom is 0.256 e. The standard InChI is InChI=1S/C23H17Cl2FN2O2/c1-13-2-9-20-18(10-13)22(14-3-6-16(26)7-4-14)28(12-21(29)27-20)23(30)17-8-5-15(24)11-19(17)25/h2-11,22H,12H2,1H3,(H,27,29)/t22-/m0/s1. The van der Waals surface area contributed by atoms with Crippen molar-refractivity contribution in [2.45, 2.75) is 13.0 Å². The van der Waals surface area contributed by atoms with Gasteiger partial charge in [-0.25, -0.2) is 4.39 Å².